The Bertz CT molecular complexity index is 590. The molecule has 0 saturated carbocycles. The summed E-state index contributed by atoms with van der Waals surface area (Å²) in [5.74, 6) is 2.20. The first kappa shape index (κ1) is 35.2. The molecule has 0 bridgehead atoms. The fourth-order valence-electron chi connectivity index (χ4n) is 6.19. The first-order valence-corrected chi connectivity index (χ1v) is 17.8. The van der Waals surface area contributed by atoms with Crippen LogP contribution in [0.3, 0.4) is 0 Å². The van der Waals surface area contributed by atoms with Gasteiger partial charge in [0.25, 0.3) is 5.82 Å². The van der Waals surface area contributed by atoms with Crippen LogP contribution in [0.5, 0.6) is 0 Å². The molecular formula is C36H71N2+. The summed E-state index contributed by atoms with van der Waals surface area (Å²) in [6, 6.07) is 0.549. The number of rotatable bonds is 29. The van der Waals surface area contributed by atoms with Crippen molar-refractivity contribution in [3.8, 4) is 0 Å². The standard InChI is InChI=1S/C36H70N2/c1-5-7-9-11-13-15-17-18-19-21-23-25-27-29-31-35(36-37-32-33-38(36)34(3)4)30-28-26-24-22-20-16-14-12-10-8-6-2/h32-35H,5-31H2,1-4H3/p+1/t35-/m0/s1. The number of hydrogen-bond donors (Lipinski definition) is 1. The van der Waals surface area contributed by atoms with Crippen molar-refractivity contribution in [2.45, 2.75) is 213 Å². The maximum Gasteiger partial charge on any atom is 0.257 e. The van der Waals surface area contributed by atoms with Crippen LogP contribution in [0.4, 0.5) is 0 Å². The second-order valence-corrected chi connectivity index (χ2v) is 12.8. The molecule has 1 aromatic rings. The molecule has 2 nitrogen and oxygen atoms in total. The van der Waals surface area contributed by atoms with Crippen molar-refractivity contribution < 1.29 is 4.57 Å². The smallest absolute Gasteiger partial charge is 0.247 e. The van der Waals surface area contributed by atoms with Crippen LogP contribution in [-0.4, -0.2) is 4.98 Å². The third-order valence-electron chi connectivity index (χ3n) is 8.75. The highest BCUT2D eigenvalue weighted by molar-refractivity contribution is 4.90. The molecule has 1 atom stereocenters. The fraction of sp³-hybridized carbons (Fsp3) is 0.917. The highest BCUT2D eigenvalue weighted by Gasteiger charge is 2.23. The topological polar surface area (TPSA) is 19.7 Å². The molecular weight excluding hydrogens is 460 g/mol. The highest BCUT2D eigenvalue weighted by atomic mass is 15.1. The number of unbranched alkanes of at least 4 members (excludes halogenated alkanes) is 23. The van der Waals surface area contributed by atoms with Gasteiger partial charge in [-0.05, 0) is 26.7 Å². The fourth-order valence-corrected chi connectivity index (χ4v) is 6.19. The van der Waals surface area contributed by atoms with Crippen molar-refractivity contribution in [1.82, 2.24) is 4.98 Å². The highest BCUT2D eigenvalue weighted by Crippen LogP contribution is 2.27. The van der Waals surface area contributed by atoms with Gasteiger partial charge in [-0.15, -0.1) is 0 Å². The number of H-pyrrole nitrogens is 1. The average Bonchev–Trinajstić information content (AvgIpc) is 3.41. The zero-order valence-electron chi connectivity index (χ0n) is 26.8. The summed E-state index contributed by atoms with van der Waals surface area (Å²) >= 11 is 0. The molecule has 0 fully saturated rings. The molecule has 1 N–H and O–H groups in total. The van der Waals surface area contributed by atoms with E-state index < -0.39 is 0 Å². The molecule has 38 heavy (non-hydrogen) atoms. The predicted molar refractivity (Wildman–Crippen MR) is 170 cm³/mol. The lowest BCUT2D eigenvalue weighted by molar-refractivity contribution is -0.723. The second kappa shape index (κ2) is 26.4. The summed E-state index contributed by atoms with van der Waals surface area (Å²) in [5, 5.41) is 0. The van der Waals surface area contributed by atoms with Gasteiger partial charge in [0.1, 0.15) is 12.4 Å². The Balaban J connectivity index is 2.15. The SMILES string of the molecule is CCCCCCCCCCCCCCCC[C@H](CCCCCCCCCCCCC)c1[nH]cc[n+]1C(C)C. The minimum Gasteiger partial charge on any atom is -0.247 e. The number of nitrogens with zero attached hydrogens (tertiary/aromatic N) is 1. The predicted octanol–water partition coefficient (Wildman–Crippen LogP) is 12.5. The van der Waals surface area contributed by atoms with Crippen LogP contribution in [0.15, 0.2) is 12.4 Å². The zero-order chi connectivity index (χ0) is 27.5. The zero-order valence-corrected chi connectivity index (χ0v) is 26.8. The number of imidazole rings is 1. The van der Waals surface area contributed by atoms with Gasteiger partial charge in [0.2, 0.25) is 0 Å². The molecule has 1 heterocycles. The van der Waals surface area contributed by atoms with E-state index in [2.05, 4.69) is 49.6 Å². The van der Waals surface area contributed by atoms with Crippen molar-refractivity contribution in [3.63, 3.8) is 0 Å². The van der Waals surface area contributed by atoms with Crippen molar-refractivity contribution in [2.24, 2.45) is 0 Å². The number of aromatic amines is 1. The molecule has 0 aliphatic carbocycles. The van der Waals surface area contributed by atoms with Gasteiger partial charge in [0.15, 0.2) is 0 Å². The summed E-state index contributed by atoms with van der Waals surface area (Å²) in [6.07, 6.45) is 43.2. The van der Waals surface area contributed by atoms with E-state index in [4.69, 9.17) is 0 Å². The average molecular weight is 532 g/mol. The molecule has 2 heteroatoms. The quantitative estimate of drug-likeness (QED) is 0.0783. The van der Waals surface area contributed by atoms with E-state index in [1.165, 1.54) is 179 Å². The van der Waals surface area contributed by atoms with Gasteiger partial charge in [0, 0.05) is 0 Å². The molecule has 0 aliphatic heterocycles. The summed E-state index contributed by atoms with van der Waals surface area (Å²) in [6.45, 7) is 9.26. The maximum absolute atomic E-state index is 3.64. The lowest BCUT2D eigenvalue weighted by Gasteiger charge is -2.15. The third kappa shape index (κ3) is 19.3. The summed E-state index contributed by atoms with van der Waals surface area (Å²) in [5.41, 5.74) is 0. The monoisotopic (exact) mass is 532 g/mol. The third-order valence-corrected chi connectivity index (χ3v) is 8.75. The molecule has 0 saturated heterocycles. The van der Waals surface area contributed by atoms with Gasteiger partial charge in [-0.3, -0.25) is 0 Å². The van der Waals surface area contributed by atoms with Gasteiger partial charge in [-0.25, -0.2) is 9.55 Å². The molecule has 0 amide bonds. The van der Waals surface area contributed by atoms with Crippen molar-refractivity contribution >= 4 is 0 Å². The maximum atomic E-state index is 3.64. The van der Waals surface area contributed by atoms with Crippen LogP contribution in [0.1, 0.15) is 219 Å². The minimum absolute atomic E-state index is 0.549. The largest absolute Gasteiger partial charge is 0.257 e. The van der Waals surface area contributed by atoms with Crippen molar-refractivity contribution in [1.29, 1.82) is 0 Å². The number of hydrogen-bond acceptors (Lipinski definition) is 0. The van der Waals surface area contributed by atoms with Crippen LogP contribution in [0.25, 0.3) is 0 Å². The van der Waals surface area contributed by atoms with Crippen LogP contribution in [0, 0.1) is 0 Å². The van der Waals surface area contributed by atoms with E-state index in [0.29, 0.717) is 12.0 Å². The van der Waals surface area contributed by atoms with Crippen LogP contribution in [0.2, 0.25) is 0 Å². The molecule has 0 spiro atoms. The Hall–Kier alpha value is -0.790. The van der Waals surface area contributed by atoms with E-state index in [9.17, 15) is 0 Å². The molecule has 0 radical (unpaired) electrons. The Kier molecular flexibility index (Phi) is 24.5. The molecule has 1 aromatic heterocycles. The second-order valence-electron chi connectivity index (χ2n) is 12.8. The van der Waals surface area contributed by atoms with Gasteiger partial charge < -0.3 is 0 Å². The number of nitrogens with one attached hydrogen (secondary N) is 1. The van der Waals surface area contributed by atoms with Crippen LogP contribution in [-0.2, 0) is 0 Å². The molecule has 0 aliphatic rings. The summed E-state index contributed by atoms with van der Waals surface area (Å²) < 4.78 is 2.49. The van der Waals surface area contributed by atoms with E-state index in [1.54, 1.807) is 0 Å². The molecule has 0 aromatic carbocycles. The first-order chi connectivity index (χ1) is 18.7. The van der Waals surface area contributed by atoms with E-state index in [-0.39, 0.29) is 0 Å². The van der Waals surface area contributed by atoms with Gasteiger partial charge in [-0.2, -0.15) is 0 Å². The lowest BCUT2D eigenvalue weighted by atomic mass is 9.93. The molecule has 0 unspecified atom stereocenters. The van der Waals surface area contributed by atoms with Crippen molar-refractivity contribution in [3.05, 3.63) is 18.2 Å². The normalized spacial score (nSPS) is 12.6. The van der Waals surface area contributed by atoms with Gasteiger partial charge >= 0.3 is 0 Å². The van der Waals surface area contributed by atoms with E-state index >= 15 is 0 Å². The number of aromatic nitrogens is 2. The Labute approximate surface area is 240 Å². The van der Waals surface area contributed by atoms with Crippen LogP contribution >= 0.6 is 0 Å². The Morgan fingerprint density at radius 2 is 0.816 bits per heavy atom. The van der Waals surface area contributed by atoms with Crippen LogP contribution < -0.4 is 4.57 Å². The van der Waals surface area contributed by atoms with E-state index in [0.717, 1.165) is 0 Å². The molecule has 224 valence electrons. The molecule has 1 rings (SSSR count). The first-order valence-electron chi connectivity index (χ1n) is 17.8. The Morgan fingerprint density at radius 3 is 1.13 bits per heavy atom. The summed E-state index contributed by atoms with van der Waals surface area (Å²) in [7, 11) is 0. The minimum atomic E-state index is 0.549. The summed E-state index contributed by atoms with van der Waals surface area (Å²) in [4.78, 5) is 3.64. The lowest BCUT2D eigenvalue weighted by Crippen LogP contribution is -2.39. The van der Waals surface area contributed by atoms with Gasteiger partial charge in [0.05, 0.1) is 12.0 Å². The van der Waals surface area contributed by atoms with Crippen molar-refractivity contribution in [2.75, 3.05) is 0 Å². The van der Waals surface area contributed by atoms with E-state index in [1.807, 2.05) is 0 Å². The Morgan fingerprint density at radius 1 is 0.500 bits per heavy atom. The van der Waals surface area contributed by atoms with Gasteiger partial charge in [-0.1, -0.05) is 174 Å².